The second kappa shape index (κ2) is 6.05. The van der Waals surface area contributed by atoms with Gasteiger partial charge in [-0.3, -0.25) is 0 Å². The van der Waals surface area contributed by atoms with Crippen molar-refractivity contribution in [2.45, 2.75) is 51.7 Å². The SMILES string of the molecule is Cc1noc(C)c1[C@H]1CCCN1C(=O)NC[C@H]1CCCO1. The largest absolute Gasteiger partial charge is 0.376 e. The summed E-state index contributed by atoms with van der Waals surface area (Å²) in [6, 6.07) is 0.0775. The molecule has 2 saturated heterocycles. The van der Waals surface area contributed by atoms with Gasteiger partial charge in [0.1, 0.15) is 5.76 Å². The summed E-state index contributed by atoms with van der Waals surface area (Å²) in [5.74, 6) is 0.816. The zero-order chi connectivity index (χ0) is 14.8. The summed E-state index contributed by atoms with van der Waals surface area (Å²) in [5.41, 5.74) is 1.95. The number of aryl methyl sites for hydroxylation is 2. The molecule has 3 heterocycles. The lowest BCUT2D eigenvalue weighted by atomic mass is 10.0. The van der Waals surface area contributed by atoms with Gasteiger partial charge in [0, 0.05) is 25.3 Å². The normalized spacial score (nSPS) is 25.5. The van der Waals surface area contributed by atoms with Crippen LogP contribution in [0.2, 0.25) is 0 Å². The molecule has 2 atom stereocenters. The molecule has 1 aromatic heterocycles. The van der Waals surface area contributed by atoms with E-state index in [1.807, 2.05) is 18.7 Å². The molecule has 0 saturated carbocycles. The van der Waals surface area contributed by atoms with Gasteiger partial charge in [-0.05, 0) is 39.5 Å². The average molecular weight is 293 g/mol. The molecule has 6 nitrogen and oxygen atoms in total. The summed E-state index contributed by atoms with van der Waals surface area (Å²) in [6.07, 6.45) is 4.28. The minimum absolute atomic E-state index is 0.00648. The number of hydrogen-bond acceptors (Lipinski definition) is 4. The van der Waals surface area contributed by atoms with Crippen molar-refractivity contribution in [2.24, 2.45) is 0 Å². The fourth-order valence-corrected chi connectivity index (χ4v) is 3.38. The van der Waals surface area contributed by atoms with Gasteiger partial charge in [0.05, 0.1) is 17.8 Å². The number of aromatic nitrogens is 1. The van der Waals surface area contributed by atoms with E-state index in [2.05, 4.69) is 10.5 Å². The third-order valence-electron chi connectivity index (χ3n) is 4.44. The topological polar surface area (TPSA) is 67.6 Å². The molecule has 116 valence electrons. The van der Waals surface area contributed by atoms with Gasteiger partial charge in [-0.2, -0.15) is 0 Å². The first-order chi connectivity index (χ1) is 10.2. The summed E-state index contributed by atoms with van der Waals surface area (Å²) in [7, 11) is 0. The Morgan fingerprint density at radius 3 is 2.90 bits per heavy atom. The highest BCUT2D eigenvalue weighted by atomic mass is 16.5. The molecular weight excluding hydrogens is 270 g/mol. The highest BCUT2D eigenvalue weighted by molar-refractivity contribution is 5.75. The number of rotatable bonds is 3. The maximum atomic E-state index is 12.4. The van der Waals surface area contributed by atoms with Gasteiger partial charge in [0.25, 0.3) is 0 Å². The average Bonchev–Trinajstić information content (AvgIpc) is 3.18. The molecule has 1 N–H and O–H groups in total. The quantitative estimate of drug-likeness (QED) is 0.928. The molecule has 6 heteroatoms. The Hall–Kier alpha value is -1.56. The van der Waals surface area contributed by atoms with Crippen molar-refractivity contribution in [2.75, 3.05) is 19.7 Å². The lowest BCUT2D eigenvalue weighted by molar-refractivity contribution is 0.108. The molecule has 0 radical (unpaired) electrons. The van der Waals surface area contributed by atoms with Crippen LogP contribution in [0.25, 0.3) is 0 Å². The van der Waals surface area contributed by atoms with Gasteiger partial charge >= 0.3 is 6.03 Å². The predicted octanol–water partition coefficient (Wildman–Crippen LogP) is 2.32. The summed E-state index contributed by atoms with van der Waals surface area (Å²) < 4.78 is 10.8. The van der Waals surface area contributed by atoms with Crippen molar-refractivity contribution < 1.29 is 14.1 Å². The number of nitrogens with one attached hydrogen (secondary N) is 1. The van der Waals surface area contributed by atoms with Gasteiger partial charge in [0.15, 0.2) is 0 Å². The molecule has 0 aromatic carbocycles. The monoisotopic (exact) mass is 293 g/mol. The number of hydrogen-bond donors (Lipinski definition) is 1. The Bertz CT molecular complexity index is 489. The maximum Gasteiger partial charge on any atom is 0.318 e. The van der Waals surface area contributed by atoms with Gasteiger partial charge in [-0.15, -0.1) is 0 Å². The molecule has 2 aliphatic rings. The van der Waals surface area contributed by atoms with E-state index >= 15 is 0 Å². The van der Waals surface area contributed by atoms with Crippen LogP contribution in [0.15, 0.2) is 4.52 Å². The minimum atomic E-state index is -0.00648. The Labute approximate surface area is 124 Å². The van der Waals surface area contributed by atoms with Crippen LogP contribution in [-0.2, 0) is 4.74 Å². The molecule has 21 heavy (non-hydrogen) atoms. The molecule has 2 fully saturated rings. The fourth-order valence-electron chi connectivity index (χ4n) is 3.38. The van der Waals surface area contributed by atoms with E-state index in [1.165, 1.54) is 0 Å². The van der Waals surface area contributed by atoms with Crippen molar-refractivity contribution in [3.8, 4) is 0 Å². The zero-order valence-corrected chi connectivity index (χ0v) is 12.7. The Morgan fingerprint density at radius 2 is 2.24 bits per heavy atom. The molecular formula is C15H23N3O3. The summed E-state index contributed by atoms with van der Waals surface area (Å²) in [6.45, 7) is 6.05. The van der Waals surface area contributed by atoms with Gasteiger partial charge < -0.3 is 19.5 Å². The molecule has 0 unspecified atom stereocenters. The number of likely N-dealkylation sites (tertiary alicyclic amines) is 1. The highest BCUT2D eigenvalue weighted by Gasteiger charge is 2.34. The van der Waals surface area contributed by atoms with Crippen LogP contribution in [0.3, 0.4) is 0 Å². The number of urea groups is 1. The summed E-state index contributed by atoms with van der Waals surface area (Å²) >= 11 is 0. The van der Waals surface area contributed by atoms with Gasteiger partial charge in [-0.25, -0.2) is 4.79 Å². The molecule has 0 aliphatic carbocycles. The Balaban J connectivity index is 1.64. The van der Waals surface area contributed by atoms with E-state index < -0.39 is 0 Å². The minimum Gasteiger partial charge on any atom is -0.376 e. The van der Waals surface area contributed by atoms with Crippen molar-refractivity contribution in [3.05, 3.63) is 17.0 Å². The first-order valence-electron chi connectivity index (χ1n) is 7.75. The predicted molar refractivity (Wildman–Crippen MR) is 77.0 cm³/mol. The molecule has 2 aliphatic heterocycles. The molecule has 3 rings (SSSR count). The van der Waals surface area contributed by atoms with Crippen LogP contribution in [0.4, 0.5) is 4.79 Å². The first-order valence-corrected chi connectivity index (χ1v) is 7.75. The van der Waals surface area contributed by atoms with Gasteiger partial charge in [0.2, 0.25) is 0 Å². The highest BCUT2D eigenvalue weighted by Crippen LogP contribution is 2.35. The molecule has 2 amide bonds. The molecule has 1 aromatic rings. The van der Waals surface area contributed by atoms with E-state index in [1.54, 1.807) is 0 Å². The number of carbonyl (C=O) groups excluding carboxylic acids is 1. The van der Waals surface area contributed by atoms with E-state index in [-0.39, 0.29) is 18.2 Å². The molecule has 0 spiro atoms. The van der Waals surface area contributed by atoms with Crippen LogP contribution in [0.1, 0.15) is 48.7 Å². The van der Waals surface area contributed by atoms with Crippen molar-refractivity contribution in [3.63, 3.8) is 0 Å². The fraction of sp³-hybridized carbons (Fsp3) is 0.733. The smallest absolute Gasteiger partial charge is 0.318 e. The van der Waals surface area contributed by atoms with Crippen LogP contribution < -0.4 is 5.32 Å². The lowest BCUT2D eigenvalue weighted by Crippen LogP contribution is -2.42. The van der Waals surface area contributed by atoms with Crippen molar-refractivity contribution >= 4 is 6.03 Å². The second-order valence-electron chi connectivity index (χ2n) is 5.91. The van der Waals surface area contributed by atoms with Crippen LogP contribution in [0, 0.1) is 13.8 Å². The lowest BCUT2D eigenvalue weighted by Gasteiger charge is -2.25. The summed E-state index contributed by atoms with van der Waals surface area (Å²) in [4.78, 5) is 14.3. The third kappa shape index (κ3) is 2.90. The number of nitrogens with zero attached hydrogens (tertiary/aromatic N) is 2. The van der Waals surface area contributed by atoms with Crippen molar-refractivity contribution in [1.29, 1.82) is 0 Å². The maximum absolute atomic E-state index is 12.4. The summed E-state index contributed by atoms with van der Waals surface area (Å²) in [5, 5.41) is 7.02. The molecule has 0 bridgehead atoms. The van der Waals surface area contributed by atoms with Crippen LogP contribution in [-0.4, -0.2) is 41.9 Å². The van der Waals surface area contributed by atoms with Crippen LogP contribution >= 0.6 is 0 Å². The third-order valence-corrected chi connectivity index (χ3v) is 4.44. The standard InChI is InChI=1S/C15H23N3O3/c1-10-14(11(2)21-17-10)13-6-3-7-18(13)15(19)16-9-12-5-4-8-20-12/h12-13H,3-9H2,1-2H3,(H,16,19)/t12-,13-/m1/s1. The number of carbonyl (C=O) groups is 1. The van der Waals surface area contributed by atoms with E-state index in [9.17, 15) is 4.79 Å². The first kappa shape index (κ1) is 14.4. The van der Waals surface area contributed by atoms with Crippen LogP contribution in [0.5, 0.6) is 0 Å². The van der Waals surface area contributed by atoms with E-state index in [0.29, 0.717) is 6.54 Å². The number of ether oxygens (including phenoxy) is 1. The van der Waals surface area contributed by atoms with Crippen molar-refractivity contribution in [1.82, 2.24) is 15.4 Å². The Morgan fingerprint density at radius 1 is 1.38 bits per heavy atom. The van der Waals surface area contributed by atoms with Gasteiger partial charge in [-0.1, -0.05) is 5.16 Å². The van der Waals surface area contributed by atoms with E-state index in [4.69, 9.17) is 9.26 Å². The zero-order valence-electron chi connectivity index (χ0n) is 12.7. The number of amides is 2. The Kier molecular flexibility index (Phi) is 4.14. The van der Waals surface area contributed by atoms with E-state index in [0.717, 1.165) is 55.9 Å². The second-order valence-corrected chi connectivity index (χ2v) is 5.91.